The fourth-order valence-electron chi connectivity index (χ4n) is 2.51. The second-order valence-corrected chi connectivity index (χ2v) is 5.55. The van der Waals surface area contributed by atoms with E-state index < -0.39 is 5.54 Å². The van der Waals surface area contributed by atoms with Crippen LogP contribution in [-0.4, -0.2) is 46.9 Å². The van der Waals surface area contributed by atoms with Gasteiger partial charge < -0.3 is 21.1 Å². The lowest BCUT2D eigenvalue weighted by Gasteiger charge is -2.39. The Bertz CT molecular complexity index is 512. The molecule has 1 unspecified atom stereocenters. The van der Waals surface area contributed by atoms with Crippen LogP contribution in [0.25, 0.3) is 0 Å². The molecule has 0 aromatic heterocycles. The third-order valence-corrected chi connectivity index (χ3v) is 3.78. The van der Waals surface area contributed by atoms with Gasteiger partial charge in [-0.05, 0) is 37.5 Å². The van der Waals surface area contributed by atoms with Crippen molar-refractivity contribution in [1.82, 2.24) is 4.90 Å². The summed E-state index contributed by atoms with van der Waals surface area (Å²) in [6, 6.07) is 7.03. The maximum atomic E-state index is 12.4. The molecule has 0 radical (unpaired) electrons. The standard InChI is InChI=1S/C15H21N3O2/c1-11(16)12-3-5-13(6-4-12)14(20)18-8-2-7-15(17,9-18)10-19/h3-6,16,19H,2,7-10,17H2,1H3. The maximum absolute atomic E-state index is 12.4. The quantitative estimate of drug-likeness (QED) is 0.719. The van der Waals surface area contributed by atoms with Crippen LogP contribution >= 0.6 is 0 Å². The molecule has 0 aliphatic carbocycles. The SMILES string of the molecule is CC(=N)c1ccc(C(=O)N2CCCC(N)(CO)C2)cc1. The number of hydrogen-bond donors (Lipinski definition) is 3. The number of hydrogen-bond acceptors (Lipinski definition) is 4. The lowest BCUT2D eigenvalue weighted by molar-refractivity contribution is 0.0559. The van der Waals surface area contributed by atoms with Crippen molar-refractivity contribution in [3.05, 3.63) is 35.4 Å². The summed E-state index contributed by atoms with van der Waals surface area (Å²) in [5.41, 5.74) is 7.25. The van der Waals surface area contributed by atoms with Gasteiger partial charge in [0.05, 0.1) is 12.1 Å². The van der Waals surface area contributed by atoms with Gasteiger partial charge in [-0.1, -0.05) is 12.1 Å². The summed E-state index contributed by atoms with van der Waals surface area (Å²) in [6.07, 6.45) is 1.54. The van der Waals surface area contributed by atoms with Crippen LogP contribution in [0.3, 0.4) is 0 Å². The second kappa shape index (κ2) is 5.73. The number of rotatable bonds is 3. The first kappa shape index (κ1) is 14.7. The first-order valence-corrected chi connectivity index (χ1v) is 6.80. The molecule has 5 heteroatoms. The molecule has 2 rings (SSSR count). The number of aliphatic hydroxyl groups excluding tert-OH is 1. The summed E-state index contributed by atoms with van der Waals surface area (Å²) >= 11 is 0. The van der Waals surface area contributed by atoms with Gasteiger partial charge in [0.15, 0.2) is 0 Å². The smallest absolute Gasteiger partial charge is 0.253 e. The van der Waals surface area contributed by atoms with Crippen molar-refractivity contribution in [3.8, 4) is 0 Å². The molecule has 1 aromatic carbocycles. The molecule has 1 saturated heterocycles. The zero-order chi connectivity index (χ0) is 14.8. The minimum Gasteiger partial charge on any atom is -0.394 e. The fourth-order valence-corrected chi connectivity index (χ4v) is 2.51. The lowest BCUT2D eigenvalue weighted by atomic mass is 9.90. The van der Waals surface area contributed by atoms with Crippen molar-refractivity contribution in [2.24, 2.45) is 5.73 Å². The van der Waals surface area contributed by atoms with Crippen LogP contribution in [0.15, 0.2) is 24.3 Å². The molecule has 20 heavy (non-hydrogen) atoms. The molecule has 1 heterocycles. The molecule has 1 aliphatic rings. The van der Waals surface area contributed by atoms with Gasteiger partial charge in [-0.3, -0.25) is 4.79 Å². The highest BCUT2D eigenvalue weighted by molar-refractivity contribution is 5.98. The van der Waals surface area contributed by atoms with E-state index in [1.54, 1.807) is 36.1 Å². The van der Waals surface area contributed by atoms with E-state index in [0.29, 0.717) is 24.4 Å². The predicted octanol–water partition coefficient (Wildman–Crippen LogP) is 1.00. The van der Waals surface area contributed by atoms with E-state index in [9.17, 15) is 9.90 Å². The van der Waals surface area contributed by atoms with Gasteiger partial charge in [0.25, 0.3) is 5.91 Å². The number of amides is 1. The molecule has 1 aromatic rings. The number of aliphatic hydroxyl groups is 1. The Kier molecular flexibility index (Phi) is 4.20. The second-order valence-electron chi connectivity index (χ2n) is 5.55. The fraction of sp³-hybridized carbons (Fsp3) is 0.467. The van der Waals surface area contributed by atoms with Gasteiger partial charge in [0.1, 0.15) is 0 Å². The number of nitrogens with two attached hydrogens (primary N) is 1. The van der Waals surface area contributed by atoms with Gasteiger partial charge in [0, 0.05) is 24.4 Å². The number of piperidine rings is 1. The Morgan fingerprint density at radius 3 is 2.55 bits per heavy atom. The van der Waals surface area contributed by atoms with Gasteiger partial charge >= 0.3 is 0 Å². The van der Waals surface area contributed by atoms with E-state index >= 15 is 0 Å². The number of carbonyl (C=O) groups excluding carboxylic acids is 1. The summed E-state index contributed by atoms with van der Waals surface area (Å²) in [4.78, 5) is 14.1. The maximum Gasteiger partial charge on any atom is 0.253 e. The monoisotopic (exact) mass is 275 g/mol. The highest BCUT2D eigenvalue weighted by Gasteiger charge is 2.33. The van der Waals surface area contributed by atoms with Crippen molar-refractivity contribution in [1.29, 1.82) is 5.41 Å². The number of nitrogens with one attached hydrogen (secondary N) is 1. The highest BCUT2D eigenvalue weighted by atomic mass is 16.3. The average molecular weight is 275 g/mol. The molecule has 1 atom stereocenters. The molecule has 1 fully saturated rings. The highest BCUT2D eigenvalue weighted by Crippen LogP contribution is 2.20. The summed E-state index contributed by atoms with van der Waals surface area (Å²) < 4.78 is 0. The largest absolute Gasteiger partial charge is 0.394 e. The van der Waals surface area contributed by atoms with E-state index in [0.717, 1.165) is 18.4 Å². The van der Waals surface area contributed by atoms with Crippen LogP contribution in [0, 0.1) is 5.41 Å². The first-order chi connectivity index (χ1) is 9.45. The first-order valence-electron chi connectivity index (χ1n) is 6.80. The number of carbonyl (C=O) groups is 1. The van der Waals surface area contributed by atoms with Crippen LogP contribution in [0.1, 0.15) is 35.7 Å². The molecule has 0 bridgehead atoms. The molecule has 108 valence electrons. The van der Waals surface area contributed by atoms with E-state index in [-0.39, 0.29) is 12.5 Å². The van der Waals surface area contributed by atoms with Gasteiger partial charge in [-0.15, -0.1) is 0 Å². The van der Waals surface area contributed by atoms with Crippen molar-refractivity contribution in [2.45, 2.75) is 25.3 Å². The van der Waals surface area contributed by atoms with Gasteiger partial charge in [-0.2, -0.15) is 0 Å². The Hall–Kier alpha value is -1.72. The molecule has 1 aliphatic heterocycles. The molecule has 5 nitrogen and oxygen atoms in total. The van der Waals surface area contributed by atoms with Gasteiger partial charge in [0.2, 0.25) is 0 Å². The minimum absolute atomic E-state index is 0.0674. The summed E-state index contributed by atoms with van der Waals surface area (Å²) in [6.45, 7) is 2.66. The van der Waals surface area contributed by atoms with Crippen LogP contribution in [0.4, 0.5) is 0 Å². The molecule has 0 spiro atoms. The van der Waals surface area contributed by atoms with E-state index in [4.69, 9.17) is 11.1 Å². The summed E-state index contributed by atoms with van der Waals surface area (Å²) in [7, 11) is 0. The third-order valence-electron chi connectivity index (χ3n) is 3.78. The van der Waals surface area contributed by atoms with Crippen molar-refractivity contribution in [3.63, 3.8) is 0 Å². The molecule has 1 amide bonds. The minimum atomic E-state index is -0.681. The zero-order valence-electron chi connectivity index (χ0n) is 11.7. The number of benzene rings is 1. The van der Waals surface area contributed by atoms with E-state index in [1.807, 2.05) is 0 Å². The topological polar surface area (TPSA) is 90.4 Å². The summed E-state index contributed by atoms with van der Waals surface area (Å²) in [5, 5.41) is 16.9. The van der Waals surface area contributed by atoms with E-state index in [1.165, 1.54) is 0 Å². The number of nitrogens with zero attached hydrogens (tertiary/aromatic N) is 1. The average Bonchev–Trinajstić information content (AvgIpc) is 2.46. The Labute approximate surface area is 118 Å². The molecule has 0 saturated carbocycles. The molecular weight excluding hydrogens is 254 g/mol. The normalized spacial score (nSPS) is 22.6. The van der Waals surface area contributed by atoms with Crippen LogP contribution in [-0.2, 0) is 0 Å². The number of likely N-dealkylation sites (tertiary alicyclic amines) is 1. The van der Waals surface area contributed by atoms with Crippen LogP contribution in [0.5, 0.6) is 0 Å². The Balaban J connectivity index is 2.12. The Morgan fingerprint density at radius 2 is 2.00 bits per heavy atom. The molecule has 4 N–H and O–H groups in total. The predicted molar refractivity (Wildman–Crippen MR) is 78.1 cm³/mol. The molecular formula is C15H21N3O2. The van der Waals surface area contributed by atoms with Crippen molar-refractivity contribution in [2.75, 3.05) is 19.7 Å². The summed E-state index contributed by atoms with van der Waals surface area (Å²) in [5.74, 6) is -0.0674. The lowest BCUT2D eigenvalue weighted by Crippen LogP contribution is -2.57. The zero-order valence-corrected chi connectivity index (χ0v) is 11.7. The van der Waals surface area contributed by atoms with Crippen LogP contribution < -0.4 is 5.73 Å². The van der Waals surface area contributed by atoms with E-state index in [2.05, 4.69) is 0 Å². The third kappa shape index (κ3) is 3.05. The van der Waals surface area contributed by atoms with Crippen LogP contribution in [0.2, 0.25) is 0 Å². The van der Waals surface area contributed by atoms with Crippen molar-refractivity contribution >= 4 is 11.6 Å². The van der Waals surface area contributed by atoms with Crippen molar-refractivity contribution < 1.29 is 9.90 Å². The van der Waals surface area contributed by atoms with Gasteiger partial charge in [-0.25, -0.2) is 0 Å². The Morgan fingerprint density at radius 1 is 1.40 bits per heavy atom.